The van der Waals surface area contributed by atoms with Gasteiger partial charge in [-0.3, -0.25) is 0 Å². The summed E-state index contributed by atoms with van der Waals surface area (Å²) in [7, 11) is -3.57. The van der Waals surface area contributed by atoms with Crippen molar-refractivity contribution in [1.29, 1.82) is 0 Å². The maximum Gasteiger partial charge on any atom is 0.245 e. The fourth-order valence-electron chi connectivity index (χ4n) is 2.55. The number of hydrogen-bond acceptors (Lipinski definition) is 4. The lowest BCUT2D eigenvalue weighted by atomic mass is 10.1. The molecule has 1 aliphatic heterocycles. The second kappa shape index (κ2) is 4.54. The summed E-state index contributed by atoms with van der Waals surface area (Å²) in [5.74, 6) is 0. The number of aromatic nitrogens is 2. The Kier molecular flexibility index (Phi) is 3.07. The Balaban J connectivity index is 2.12. The first-order valence-electron chi connectivity index (χ1n) is 6.46. The third-order valence-corrected chi connectivity index (χ3v) is 5.70. The Hall–Kier alpha value is -1.44. The zero-order chi connectivity index (χ0) is 14.4. The molecule has 7 heteroatoms. The van der Waals surface area contributed by atoms with E-state index >= 15 is 0 Å². The number of rotatable bonds is 2. The van der Waals surface area contributed by atoms with E-state index in [1.165, 1.54) is 10.5 Å². The zero-order valence-electron chi connectivity index (χ0n) is 11.5. The average Bonchev–Trinajstić information content (AvgIpc) is 2.82. The summed E-state index contributed by atoms with van der Waals surface area (Å²) in [4.78, 5) is 7.32. The molecule has 0 bridgehead atoms. The number of ether oxygens (including phenoxy) is 1. The van der Waals surface area contributed by atoms with Crippen molar-refractivity contribution in [2.75, 3.05) is 19.8 Å². The van der Waals surface area contributed by atoms with Gasteiger partial charge >= 0.3 is 0 Å². The molecule has 108 valence electrons. The van der Waals surface area contributed by atoms with E-state index in [9.17, 15) is 8.42 Å². The Labute approximate surface area is 117 Å². The fraction of sp³-hybridized carbons (Fsp3) is 0.462. The van der Waals surface area contributed by atoms with E-state index in [1.54, 1.807) is 18.3 Å². The summed E-state index contributed by atoms with van der Waals surface area (Å²) >= 11 is 0. The van der Waals surface area contributed by atoms with E-state index in [0.29, 0.717) is 30.8 Å². The fourth-order valence-corrected chi connectivity index (χ4v) is 4.46. The number of H-pyrrole nitrogens is 1. The lowest BCUT2D eigenvalue weighted by molar-refractivity contribution is -0.00767. The quantitative estimate of drug-likeness (QED) is 0.907. The minimum Gasteiger partial charge on any atom is -0.378 e. The number of nitrogens with one attached hydrogen (secondary N) is 1. The predicted octanol–water partition coefficient (Wildman–Crippen LogP) is 1.36. The molecule has 6 nitrogen and oxygen atoms in total. The third-order valence-electron chi connectivity index (χ3n) is 3.55. The van der Waals surface area contributed by atoms with E-state index in [0.717, 1.165) is 0 Å². The molecule has 1 saturated heterocycles. The van der Waals surface area contributed by atoms with Crippen LogP contribution in [0.1, 0.15) is 13.8 Å². The summed E-state index contributed by atoms with van der Waals surface area (Å²) in [6.07, 6.45) is 3.15. The highest BCUT2D eigenvalue weighted by Gasteiger charge is 2.40. The van der Waals surface area contributed by atoms with Gasteiger partial charge in [0.25, 0.3) is 0 Å². The summed E-state index contributed by atoms with van der Waals surface area (Å²) in [6, 6.07) is 3.50. The van der Waals surface area contributed by atoms with Crippen molar-refractivity contribution < 1.29 is 13.2 Å². The molecule has 0 aliphatic carbocycles. The second-order valence-electron chi connectivity index (χ2n) is 5.49. The van der Waals surface area contributed by atoms with Crippen molar-refractivity contribution in [3.05, 3.63) is 24.5 Å². The molecule has 0 aromatic carbocycles. The van der Waals surface area contributed by atoms with Gasteiger partial charge in [0.05, 0.1) is 18.8 Å². The van der Waals surface area contributed by atoms with Crippen LogP contribution in [0.25, 0.3) is 11.0 Å². The van der Waals surface area contributed by atoms with Gasteiger partial charge in [0, 0.05) is 24.3 Å². The van der Waals surface area contributed by atoms with Crippen molar-refractivity contribution in [3.63, 3.8) is 0 Å². The molecule has 0 atom stereocenters. The van der Waals surface area contributed by atoms with Crippen molar-refractivity contribution in [1.82, 2.24) is 14.3 Å². The normalized spacial score (nSPS) is 20.3. The SMILES string of the molecule is CC1(C)COCCN1S(=O)(=O)c1c[nH]c2ncccc12. The molecule has 0 unspecified atom stereocenters. The molecule has 1 N–H and O–H groups in total. The van der Waals surface area contributed by atoms with Crippen LogP contribution < -0.4 is 0 Å². The average molecular weight is 295 g/mol. The number of pyridine rings is 1. The minimum atomic E-state index is -3.57. The van der Waals surface area contributed by atoms with E-state index in [2.05, 4.69) is 9.97 Å². The molecule has 0 saturated carbocycles. The van der Waals surface area contributed by atoms with Gasteiger partial charge < -0.3 is 9.72 Å². The lowest BCUT2D eigenvalue weighted by Gasteiger charge is -2.40. The molecule has 2 aromatic heterocycles. The van der Waals surface area contributed by atoms with E-state index in [-0.39, 0.29) is 4.90 Å². The number of fused-ring (bicyclic) bond motifs is 1. The highest BCUT2D eigenvalue weighted by Crippen LogP contribution is 2.30. The van der Waals surface area contributed by atoms with Crippen molar-refractivity contribution in [2.45, 2.75) is 24.3 Å². The molecule has 3 rings (SSSR count). The van der Waals surface area contributed by atoms with Gasteiger partial charge in [0.2, 0.25) is 10.0 Å². The Morgan fingerprint density at radius 1 is 1.45 bits per heavy atom. The molecule has 0 radical (unpaired) electrons. The van der Waals surface area contributed by atoms with Crippen LogP contribution in [0.4, 0.5) is 0 Å². The van der Waals surface area contributed by atoms with Crippen LogP contribution >= 0.6 is 0 Å². The molecule has 1 fully saturated rings. The standard InChI is InChI=1S/C13H17N3O3S/c1-13(2)9-19-7-6-16(13)20(17,18)11-8-15-12-10(11)4-3-5-14-12/h3-5,8H,6-7,9H2,1-2H3,(H,14,15). The molecule has 0 spiro atoms. The van der Waals surface area contributed by atoms with E-state index < -0.39 is 15.6 Å². The monoisotopic (exact) mass is 295 g/mol. The number of morpholine rings is 1. The molecule has 1 aliphatic rings. The Morgan fingerprint density at radius 3 is 3.00 bits per heavy atom. The summed E-state index contributed by atoms with van der Waals surface area (Å²) in [6.45, 7) is 4.92. The molecule has 20 heavy (non-hydrogen) atoms. The largest absolute Gasteiger partial charge is 0.378 e. The first-order valence-corrected chi connectivity index (χ1v) is 7.90. The molecule has 0 amide bonds. The maximum absolute atomic E-state index is 12.9. The lowest BCUT2D eigenvalue weighted by Crippen LogP contribution is -2.55. The van der Waals surface area contributed by atoms with Crippen molar-refractivity contribution in [3.8, 4) is 0 Å². The summed E-state index contributed by atoms with van der Waals surface area (Å²) in [5, 5.41) is 0.620. The predicted molar refractivity (Wildman–Crippen MR) is 74.9 cm³/mol. The number of aromatic amines is 1. The zero-order valence-corrected chi connectivity index (χ0v) is 12.3. The van der Waals surface area contributed by atoms with Crippen LogP contribution in [0.15, 0.2) is 29.4 Å². The van der Waals surface area contributed by atoms with Crippen LogP contribution in [0, 0.1) is 0 Å². The number of nitrogens with zero attached hydrogens (tertiary/aromatic N) is 2. The molecular weight excluding hydrogens is 278 g/mol. The van der Waals surface area contributed by atoms with Crippen LogP contribution in [-0.2, 0) is 14.8 Å². The number of hydrogen-bond donors (Lipinski definition) is 1. The van der Waals surface area contributed by atoms with Gasteiger partial charge in [-0.05, 0) is 26.0 Å². The summed E-state index contributed by atoms with van der Waals surface area (Å²) in [5.41, 5.74) is 0.0280. The van der Waals surface area contributed by atoms with Gasteiger partial charge in [-0.15, -0.1) is 0 Å². The highest BCUT2D eigenvalue weighted by molar-refractivity contribution is 7.89. The van der Waals surface area contributed by atoms with Gasteiger partial charge in [-0.2, -0.15) is 4.31 Å². The van der Waals surface area contributed by atoms with Crippen LogP contribution in [0.3, 0.4) is 0 Å². The van der Waals surface area contributed by atoms with Gasteiger partial charge in [-0.1, -0.05) is 0 Å². The first kappa shape index (κ1) is 13.5. The number of sulfonamides is 1. The van der Waals surface area contributed by atoms with E-state index in [4.69, 9.17) is 4.74 Å². The Morgan fingerprint density at radius 2 is 2.25 bits per heavy atom. The van der Waals surface area contributed by atoms with Crippen molar-refractivity contribution >= 4 is 21.1 Å². The smallest absolute Gasteiger partial charge is 0.245 e. The van der Waals surface area contributed by atoms with Gasteiger partial charge in [0.15, 0.2) is 0 Å². The highest BCUT2D eigenvalue weighted by atomic mass is 32.2. The first-order chi connectivity index (χ1) is 9.43. The summed E-state index contributed by atoms with van der Waals surface area (Å²) < 4.78 is 32.7. The van der Waals surface area contributed by atoms with Crippen LogP contribution in [0.2, 0.25) is 0 Å². The van der Waals surface area contributed by atoms with Gasteiger partial charge in [-0.25, -0.2) is 13.4 Å². The third kappa shape index (κ3) is 2.02. The van der Waals surface area contributed by atoms with Gasteiger partial charge in [0.1, 0.15) is 10.5 Å². The van der Waals surface area contributed by atoms with Crippen molar-refractivity contribution in [2.24, 2.45) is 0 Å². The molecular formula is C13H17N3O3S. The maximum atomic E-state index is 12.9. The van der Waals surface area contributed by atoms with Crippen LogP contribution in [-0.4, -0.2) is 48.0 Å². The molecule has 3 heterocycles. The minimum absolute atomic E-state index is 0.274. The topological polar surface area (TPSA) is 75.3 Å². The Bertz CT molecular complexity index is 736. The van der Waals surface area contributed by atoms with E-state index in [1.807, 2.05) is 13.8 Å². The van der Waals surface area contributed by atoms with Crippen LogP contribution in [0.5, 0.6) is 0 Å². The second-order valence-corrected chi connectivity index (χ2v) is 7.33. The molecule has 2 aromatic rings.